The number of carbonyl (C=O) groups is 2. The summed E-state index contributed by atoms with van der Waals surface area (Å²) < 4.78 is 10.5. The van der Waals surface area contributed by atoms with E-state index < -0.39 is 17.8 Å². The van der Waals surface area contributed by atoms with E-state index in [9.17, 15) is 9.59 Å². The van der Waals surface area contributed by atoms with Crippen LogP contribution in [0, 0.1) is 0 Å². The molecule has 6 heteroatoms. The molecule has 2 rings (SSSR count). The first kappa shape index (κ1) is 19.1. The average molecular weight is 348 g/mol. The number of alkyl carbamates (subject to hydrolysis) is 2. The highest BCUT2D eigenvalue weighted by molar-refractivity contribution is 5.68. The molecule has 6 nitrogen and oxygen atoms in total. The highest BCUT2D eigenvalue weighted by Crippen LogP contribution is 2.19. The molecule has 1 aliphatic rings. The number of amides is 2. The SMILES string of the molecule is CC(C)(C)OC(=O)N[C@@H]1CCC[C@@H](NC(=O)OCc2ccccc2)C1. The van der Waals surface area contributed by atoms with Gasteiger partial charge < -0.3 is 20.1 Å². The summed E-state index contributed by atoms with van der Waals surface area (Å²) in [6.45, 7) is 5.75. The Morgan fingerprint density at radius 3 is 2.24 bits per heavy atom. The molecule has 1 saturated carbocycles. The fourth-order valence-corrected chi connectivity index (χ4v) is 2.86. The molecule has 0 unspecified atom stereocenters. The standard InChI is InChI=1S/C19H28N2O4/c1-19(2,3)25-18(23)21-16-11-7-10-15(12-16)20-17(22)24-13-14-8-5-4-6-9-14/h4-6,8-9,15-16H,7,10-13H2,1-3H3,(H,20,22)(H,21,23)/t15-,16-/m1/s1. The molecule has 25 heavy (non-hydrogen) atoms. The van der Waals surface area contributed by atoms with Gasteiger partial charge in [-0.3, -0.25) is 0 Å². The summed E-state index contributed by atoms with van der Waals surface area (Å²) in [7, 11) is 0. The van der Waals surface area contributed by atoms with Crippen LogP contribution in [0.25, 0.3) is 0 Å². The van der Waals surface area contributed by atoms with Crippen LogP contribution in [0.4, 0.5) is 9.59 Å². The van der Waals surface area contributed by atoms with Crippen molar-refractivity contribution in [3.63, 3.8) is 0 Å². The first-order valence-corrected chi connectivity index (χ1v) is 8.78. The molecule has 0 aliphatic heterocycles. The Hall–Kier alpha value is -2.24. The third kappa shape index (κ3) is 7.45. The zero-order chi connectivity index (χ0) is 18.3. The summed E-state index contributed by atoms with van der Waals surface area (Å²) in [5.41, 5.74) is 0.434. The van der Waals surface area contributed by atoms with E-state index in [0.717, 1.165) is 24.8 Å². The van der Waals surface area contributed by atoms with Crippen molar-refractivity contribution < 1.29 is 19.1 Å². The van der Waals surface area contributed by atoms with Crippen LogP contribution in [0.1, 0.15) is 52.0 Å². The van der Waals surface area contributed by atoms with Crippen LogP contribution in [0.2, 0.25) is 0 Å². The zero-order valence-electron chi connectivity index (χ0n) is 15.2. The van der Waals surface area contributed by atoms with Gasteiger partial charge >= 0.3 is 12.2 Å². The van der Waals surface area contributed by atoms with Gasteiger partial charge in [-0.1, -0.05) is 30.3 Å². The van der Waals surface area contributed by atoms with Crippen LogP contribution in [0.15, 0.2) is 30.3 Å². The van der Waals surface area contributed by atoms with Gasteiger partial charge in [-0.05, 0) is 52.0 Å². The lowest BCUT2D eigenvalue weighted by Gasteiger charge is -2.30. The van der Waals surface area contributed by atoms with Crippen LogP contribution in [0.3, 0.4) is 0 Å². The molecular weight excluding hydrogens is 320 g/mol. The van der Waals surface area contributed by atoms with Gasteiger partial charge in [-0.2, -0.15) is 0 Å². The summed E-state index contributed by atoms with van der Waals surface area (Å²) in [5, 5.41) is 5.77. The molecule has 0 spiro atoms. The lowest BCUT2D eigenvalue weighted by atomic mass is 9.91. The minimum Gasteiger partial charge on any atom is -0.445 e. The van der Waals surface area contributed by atoms with E-state index in [1.165, 1.54) is 0 Å². The smallest absolute Gasteiger partial charge is 0.407 e. The zero-order valence-corrected chi connectivity index (χ0v) is 15.2. The fraction of sp³-hybridized carbons (Fsp3) is 0.579. The fourth-order valence-electron chi connectivity index (χ4n) is 2.86. The van der Waals surface area contributed by atoms with Gasteiger partial charge in [0.25, 0.3) is 0 Å². The van der Waals surface area contributed by atoms with Gasteiger partial charge in [-0.15, -0.1) is 0 Å². The van der Waals surface area contributed by atoms with E-state index in [0.29, 0.717) is 6.42 Å². The van der Waals surface area contributed by atoms with Crippen molar-refractivity contribution in [2.75, 3.05) is 0 Å². The highest BCUT2D eigenvalue weighted by Gasteiger charge is 2.26. The lowest BCUT2D eigenvalue weighted by Crippen LogP contribution is -2.47. The van der Waals surface area contributed by atoms with E-state index in [1.807, 2.05) is 51.1 Å². The van der Waals surface area contributed by atoms with E-state index in [4.69, 9.17) is 9.47 Å². The van der Waals surface area contributed by atoms with Crippen molar-refractivity contribution in [3.05, 3.63) is 35.9 Å². The minimum absolute atomic E-state index is 0.00280. The molecule has 1 aliphatic carbocycles. The predicted octanol–water partition coefficient (Wildman–Crippen LogP) is 3.75. The maximum absolute atomic E-state index is 12.0. The normalized spacial score (nSPS) is 20.4. The molecule has 2 N–H and O–H groups in total. The Morgan fingerprint density at radius 1 is 1.04 bits per heavy atom. The molecule has 1 aromatic carbocycles. The highest BCUT2D eigenvalue weighted by atomic mass is 16.6. The Kier molecular flexibility index (Phi) is 6.67. The summed E-state index contributed by atoms with van der Waals surface area (Å²) in [5.74, 6) is 0. The molecular formula is C19H28N2O4. The maximum Gasteiger partial charge on any atom is 0.407 e. The van der Waals surface area contributed by atoms with Gasteiger partial charge in [0.2, 0.25) is 0 Å². The number of carbonyl (C=O) groups excluding carboxylic acids is 2. The van der Waals surface area contributed by atoms with Gasteiger partial charge in [0.05, 0.1) is 0 Å². The summed E-state index contributed by atoms with van der Waals surface area (Å²) in [4.78, 5) is 23.8. The van der Waals surface area contributed by atoms with Gasteiger partial charge in [-0.25, -0.2) is 9.59 Å². The largest absolute Gasteiger partial charge is 0.445 e. The first-order chi connectivity index (χ1) is 11.8. The molecule has 1 fully saturated rings. The van der Waals surface area contributed by atoms with Gasteiger partial charge in [0.1, 0.15) is 12.2 Å². The number of benzene rings is 1. The third-order valence-corrected chi connectivity index (χ3v) is 3.93. The molecule has 0 saturated heterocycles. The maximum atomic E-state index is 12.0. The van der Waals surface area contributed by atoms with Crippen molar-refractivity contribution in [1.29, 1.82) is 0 Å². The Labute approximate surface area is 149 Å². The van der Waals surface area contributed by atoms with E-state index in [2.05, 4.69) is 10.6 Å². The summed E-state index contributed by atoms with van der Waals surface area (Å²) in [6.07, 6.45) is 2.55. The van der Waals surface area contributed by atoms with E-state index >= 15 is 0 Å². The first-order valence-electron chi connectivity index (χ1n) is 8.78. The van der Waals surface area contributed by atoms with Crippen LogP contribution < -0.4 is 10.6 Å². The van der Waals surface area contributed by atoms with Crippen LogP contribution in [-0.2, 0) is 16.1 Å². The topological polar surface area (TPSA) is 76.7 Å². The molecule has 0 bridgehead atoms. The molecule has 2 amide bonds. The Bertz CT molecular complexity index is 569. The van der Waals surface area contributed by atoms with Crippen LogP contribution in [0.5, 0.6) is 0 Å². The van der Waals surface area contributed by atoms with Gasteiger partial charge in [0, 0.05) is 12.1 Å². The molecule has 0 heterocycles. The van der Waals surface area contributed by atoms with Crippen LogP contribution >= 0.6 is 0 Å². The van der Waals surface area contributed by atoms with Crippen molar-refractivity contribution in [2.24, 2.45) is 0 Å². The number of nitrogens with one attached hydrogen (secondary N) is 2. The van der Waals surface area contributed by atoms with Crippen molar-refractivity contribution in [1.82, 2.24) is 10.6 Å². The molecule has 0 radical (unpaired) electrons. The summed E-state index contributed by atoms with van der Waals surface area (Å²) in [6, 6.07) is 9.56. The number of rotatable bonds is 4. The number of ether oxygens (including phenoxy) is 2. The number of hydrogen-bond acceptors (Lipinski definition) is 4. The quantitative estimate of drug-likeness (QED) is 0.869. The van der Waals surface area contributed by atoms with Crippen LogP contribution in [-0.4, -0.2) is 29.9 Å². The number of hydrogen-bond donors (Lipinski definition) is 2. The van der Waals surface area contributed by atoms with Gasteiger partial charge in [0.15, 0.2) is 0 Å². The third-order valence-electron chi connectivity index (χ3n) is 3.93. The van der Waals surface area contributed by atoms with Crippen molar-refractivity contribution in [3.8, 4) is 0 Å². The van der Waals surface area contributed by atoms with E-state index in [-0.39, 0.29) is 18.7 Å². The molecule has 0 aromatic heterocycles. The molecule has 1 aromatic rings. The monoisotopic (exact) mass is 348 g/mol. The predicted molar refractivity (Wildman–Crippen MR) is 95.2 cm³/mol. The average Bonchev–Trinajstić information content (AvgIpc) is 2.52. The lowest BCUT2D eigenvalue weighted by molar-refractivity contribution is 0.0488. The second kappa shape index (κ2) is 8.74. The second-order valence-electron chi connectivity index (χ2n) is 7.41. The molecule has 138 valence electrons. The van der Waals surface area contributed by atoms with Crippen molar-refractivity contribution in [2.45, 2.75) is 70.7 Å². The van der Waals surface area contributed by atoms with E-state index in [1.54, 1.807) is 0 Å². The minimum atomic E-state index is -0.516. The Morgan fingerprint density at radius 2 is 1.64 bits per heavy atom. The second-order valence-corrected chi connectivity index (χ2v) is 7.41. The Balaban J connectivity index is 1.73. The molecule has 2 atom stereocenters. The summed E-state index contributed by atoms with van der Waals surface area (Å²) >= 11 is 0. The van der Waals surface area contributed by atoms with Crippen molar-refractivity contribution >= 4 is 12.2 Å².